The van der Waals surface area contributed by atoms with E-state index in [1.807, 2.05) is 11.3 Å². The Balaban J connectivity index is 1.21. The maximum Gasteiger partial charge on any atom is 0.0727 e. The minimum Gasteiger partial charge on any atom is -0.310 e. The zero-order valence-electron chi connectivity index (χ0n) is 27.9. The molecule has 0 unspecified atom stereocenters. The summed E-state index contributed by atoms with van der Waals surface area (Å²) in [6.45, 7) is 0. The highest BCUT2D eigenvalue weighted by atomic mass is 32.1. The van der Waals surface area contributed by atoms with Crippen LogP contribution in [-0.2, 0) is 5.41 Å². The third kappa shape index (κ3) is 4.61. The van der Waals surface area contributed by atoms with Gasteiger partial charge in [-0.1, -0.05) is 158 Å². The maximum atomic E-state index is 2.39. The van der Waals surface area contributed by atoms with Crippen molar-refractivity contribution in [2.45, 2.75) is 5.41 Å². The van der Waals surface area contributed by atoms with Crippen molar-refractivity contribution in [3.8, 4) is 22.3 Å². The van der Waals surface area contributed by atoms with Crippen molar-refractivity contribution < 1.29 is 0 Å². The Morgan fingerprint density at radius 1 is 0.373 bits per heavy atom. The average Bonchev–Trinajstić information content (AvgIpc) is 3.73. The minimum absolute atomic E-state index is 0.439. The predicted molar refractivity (Wildman–Crippen MR) is 217 cm³/mol. The lowest BCUT2D eigenvalue weighted by atomic mass is 9.67. The second-order valence-corrected chi connectivity index (χ2v) is 14.3. The number of rotatable bonds is 6. The van der Waals surface area contributed by atoms with Gasteiger partial charge in [0.1, 0.15) is 0 Å². The van der Waals surface area contributed by atoms with Crippen molar-refractivity contribution in [1.29, 1.82) is 0 Å². The molecule has 0 bridgehead atoms. The van der Waals surface area contributed by atoms with Gasteiger partial charge in [0.2, 0.25) is 0 Å². The van der Waals surface area contributed by atoms with Crippen molar-refractivity contribution in [3.05, 3.63) is 222 Å². The van der Waals surface area contributed by atoms with Crippen LogP contribution in [0.4, 0.5) is 17.1 Å². The number of anilines is 3. The van der Waals surface area contributed by atoms with E-state index in [0.717, 1.165) is 17.1 Å². The van der Waals surface area contributed by atoms with E-state index in [4.69, 9.17) is 0 Å². The summed E-state index contributed by atoms with van der Waals surface area (Å²) in [7, 11) is 0. The molecule has 0 atom stereocenters. The maximum absolute atomic E-state index is 2.39. The molecule has 1 aromatic heterocycles. The molecule has 1 nitrogen and oxygen atoms in total. The minimum atomic E-state index is -0.439. The van der Waals surface area contributed by atoms with Crippen molar-refractivity contribution >= 4 is 48.6 Å². The molecular weight excluding hydrogens is 635 g/mol. The van der Waals surface area contributed by atoms with E-state index in [2.05, 4.69) is 205 Å². The average molecular weight is 668 g/mol. The van der Waals surface area contributed by atoms with Crippen LogP contribution in [0.25, 0.3) is 42.4 Å². The quantitative estimate of drug-likeness (QED) is 0.171. The van der Waals surface area contributed by atoms with E-state index in [-0.39, 0.29) is 0 Å². The third-order valence-corrected chi connectivity index (χ3v) is 11.7. The van der Waals surface area contributed by atoms with Crippen LogP contribution in [-0.4, -0.2) is 0 Å². The number of nitrogens with zero attached hydrogens (tertiary/aromatic N) is 1. The largest absolute Gasteiger partial charge is 0.310 e. The first-order valence-electron chi connectivity index (χ1n) is 17.5. The standard InChI is InChI=1S/C49H33NS/c1-4-16-34(17-5-1)35-18-14-23-38(32-35)50(37-21-8-3-9-22-37)39-30-31-47-43(33-39)42-26-15-29-46(48(42)51-47)49(36-19-6-2-7-20-36)44-27-12-10-24-40(44)41-25-11-13-28-45(41)49/h1-33H. The van der Waals surface area contributed by atoms with E-state index < -0.39 is 5.41 Å². The highest BCUT2D eigenvalue weighted by Crippen LogP contribution is 2.58. The first-order chi connectivity index (χ1) is 25.3. The lowest BCUT2D eigenvalue weighted by Gasteiger charge is -2.34. The molecule has 0 amide bonds. The van der Waals surface area contributed by atoms with Gasteiger partial charge in [0.15, 0.2) is 0 Å². The molecule has 0 N–H and O–H groups in total. The molecule has 1 aliphatic carbocycles. The summed E-state index contributed by atoms with van der Waals surface area (Å²) >= 11 is 1.91. The molecule has 0 radical (unpaired) electrons. The van der Waals surface area contributed by atoms with Gasteiger partial charge in [0.25, 0.3) is 0 Å². The monoisotopic (exact) mass is 667 g/mol. The Morgan fingerprint density at radius 3 is 1.65 bits per heavy atom. The fraction of sp³-hybridized carbons (Fsp3) is 0.0204. The number of hydrogen-bond donors (Lipinski definition) is 0. The molecule has 0 aliphatic heterocycles. The Labute approximate surface area is 302 Å². The summed E-state index contributed by atoms with van der Waals surface area (Å²) in [5, 5.41) is 2.56. The number of thiophene rings is 1. The molecule has 0 saturated heterocycles. The highest BCUT2D eigenvalue weighted by Gasteiger charge is 2.46. The molecule has 1 heterocycles. The lowest BCUT2D eigenvalue weighted by molar-refractivity contribution is 0.778. The Kier molecular flexibility index (Phi) is 6.97. The van der Waals surface area contributed by atoms with Gasteiger partial charge in [-0.2, -0.15) is 0 Å². The summed E-state index contributed by atoms with van der Waals surface area (Å²) in [5.41, 5.74) is 13.3. The van der Waals surface area contributed by atoms with Gasteiger partial charge in [0, 0.05) is 37.2 Å². The van der Waals surface area contributed by atoms with Crippen LogP contribution >= 0.6 is 11.3 Å². The van der Waals surface area contributed by atoms with Crippen molar-refractivity contribution in [2.24, 2.45) is 0 Å². The van der Waals surface area contributed by atoms with E-state index in [0.29, 0.717) is 0 Å². The number of hydrogen-bond acceptors (Lipinski definition) is 2. The smallest absolute Gasteiger partial charge is 0.0727 e. The predicted octanol–water partition coefficient (Wildman–Crippen LogP) is 13.6. The van der Waals surface area contributed by atoms with Crippen LogP contribution in [0.5, 0.6) is 0 Å². The second-order valence-electron chi connectivity index (χ2n) is 13.3. The molecule has 10 rings (SSSR count). The molecule has 0 spiro atoms. The normalized spacial score (nSPS) is 12.9. The SMILES string of the molecule is c1ccc(-c2cccc(N(c3ccccc3)c3ccc4sc5c(C6(c7ccccc7)c7ccccc7-c7ccccc76)cccc5c4c3)c2)cc1. The van der Waals surface area contributed by atoms with Crippen molar-refractivity contribution in [1.82, 2.24) is 0 Å². The van der Waals surface area contributed by atoms with Crippen LogP contribution in [0.1, 0.15) is 22.3 Å². The van der Waals surface area contributed by atoms with Gasteiger partial charge >= 0.3 is 0 Å². The lowest BCUT2D eigenvalue weighted by Crippen LogP contribution is -2.28. The van der Waals surface area contributed by atoms with Gasteiger partial charge in [-0.3, -0.25) is 0 Å². The van der Waals surface area contributed by atoms with Gasteiger partial charge in [-0.25, -0.2) is 0 Å². The second kappa shape index (κ2) is 12.0. The number of benzene rings is 8. The Hall–Kier alpha value is -6.22. The molecule has 51 heavy (non-hydrogen) atoms. The molecule has 2 heteroatoms. The zero-order valence-corrected chi connectivity index (χ0v) is 28.7. The van der Waals surface area contributed by atoms with Crippen LogP contribution in [0.2, 0.25) is 0 Å². The summed E-state index contributed by atoms with van der Waals surface area (Å²) in [6.07, 6.45) is 0. The first kappa shape index (κ1) is 29.7. The summed E-state index contributed by atoms with van der Waals surface area (Å²) in [4.78, 5) is 2.38. The number of para-hydroxylation sites is 1. The van der Waals surface area contributed by atoms with Gasteiger partial charge in [-0.15, -0.1) is 11.3 Å². The van der Waals surface area contributed by atoms with Crippen molar-refractivity contribution in [2.75, 3.05) is 4.90 Å². The topological polar surface area (TPSA) is 3.24 Å². The van der Waals surface area contributed by atoms with E-state index >= 15 is 0 Å². The van der Waals surface area contributed by atoms with Gasteiger partial charge in [-0.05, 0) is 87.0 Å². The highest BCUT2D eigenvalue weighted by molar-refractivity contribution is 7.26. The molecular formula is C49H33NS. The van der Waals surface area contributed by atoms with E-state index in [9.17, 15) is 0 Å². The first-order valence-corrected chi connectivity index (χ1v) is 18.3. The van der Waals surface area contributed by atoms with Crippen LogP contribution in [0.3, 0.4) is 0 Å². The molecule has 0 saturated carbocycles. The number of fused-ring (bicyclic) bond motifs is 6. The van der Waals surface area contributed by atoms with Gasteiger partial charge in [0.05, 0.1) is 5.41 Å². The fourth-order valence-corrected chi connectivity index (χ4v) is 9.63. The molecule has 0 fully saturated rings. The van der Waals surface area contributed by atoms with E-state index in [1.54, 1.807) is 0 Å². The van der Waals surface area contributed by atoms with Crippen LogP contribution in [0.15, 0.2) is 200 Å². The molecule has 240 valence electrons. The van der Waals surface area contributed by atoms with Crippen LogP contribution < -0.4 is 4.90 Å². The Morgan fingerprint density at radius 2 is 0.922 bits per heavy atom. The molecule has 1 aliphatic rings. The fourth-order valence-electron chi connectivity index (χ4n) is 8.38. The summed E-state index contributed by atoms with van der Waals surface area (Å²) in [6, 6.07) is 73.3. The molecule has 8 aromatic carbocycles. The third-order valence-electron chi connectivity index (χ3n) is 10.5. The Bertz CT molecular complexity index is 2650. The summed E-state index contributed by atoms with van der Waals surface area (Å²) < 4.78 is 2.62. The van der Waals surface area contributed by atoms with Gasteiger partial charge < -0.3 is 4.90 Å². The van der Waals surface area contributed by atoms with Crippen molar-refractivity contribution in [3.63, 3.8) is 0 Å². The zero-order chi connectivity index (χ0) is 33.8. The summed E-state index contributed by atoms with van der Waals surface area (Å²) in [5.74, 6) is 0. The van der Waals surface area contributed by atoms with Crippen LogP contribution in [0, 0.1) is 0 Å². The molecule has 9 aromatic rings. The van der Waals surface area contributed by atoms with E-state index in [1.165, 1.54) is 64.7 Å².